The topological polar surface area (TPSA) is 34.1 Å². The summed E-state index contributed by atoms with van der Waals surface area (Å²) in [5.41, 5.74) is 2.48. The van der Waals surface area contributed by atoms with Crippen LogP contribution in [0.5, 0.6) is 11.5 Å². The number of nitrogens with zero attached hydrogens (tertiary/aromatic N) is 2. The van der Waals surface area contributed by atoms with Crippen LogP contribution in [0, 0.1) is 0 Å². The summed E-state index contributed by atoms with van der Waals surface area (Å²) in [6.07, 6.45) is 6.06. The van der Waals surface area contributed by atoms with Crippen molar-refractivity contribution in [2.24, 2.45) is 4.99 Å². The Morgan fingerprint density at radius 2 is 1.91 bits per heavy atom. The number of amidine groups is 1. The smallest absolute Gasteiger partial charge is 0.168 e. The lowest BCUT2D eigenvalue weighted by atomic mass is 9.90. The summed E-state index contributed by atoms with van der Waals surface area (Å²) in [5, 5.41) is 3.42. The highest BCUT2D eigenvalue weighted by atomic mass is 32.2. The van der Waals surface area contributed by atoms with Crippen molar-refractivity contribution in [3.05, 3.63) is 29.2 Å². The highest BCUT2D eigenvalue weighted by Crippen LogP contribution is 2.45. The standard InChI is InChI=1S/C18H20N2O2S/c1-2-5-14-13(4-1)19-18-20(14)15(11-23-18)12-6-7-16-17(10-12)22-9-3-8-21-16/h6-7,10-11,13-14H,1-5,8-9H2/t13-,14-/m0/s1. The Bertz CT molecular complexity index is 700. The van der Waals surface area contributed by atoms with Gasteiger partial charge in [-0.25, -0.2) is 0 Å². The minimum Gasteiger partial charge on any atom is -0.490 e. The van der Waals surface area contributed by atoms with E-state index in [4.69, 9.17) is 14.5 Å². The zero-order chi connectivity index (χ0) is 15.2. The molecule has 0 bridgehead atoms. The molecule has 2 atom stereocenters. The lowest BCUT2D eigenvalue weighted by Crippen LogP contribution is -2.38. The number of hydrogen-bond acceptors (Lipinski definition) is 5. The SMILES string of the molecule is C1=C(c2ccc3c(c2)OCCCO3)N2C(=N[C@H]3CCCC[C@@H]32)S1. The summed E-state index contributed by atoms with van der Waals surface area (Å²) in [7, 11) is 0. The van der Waals surface area contributed by atoms with Crippen LogP contribution >= 0.6 is 11.8 Å². The fourth-order valence-corrected chi connectivity index (χ4v) is 4.96. The average Bonchev–Trinajstić information content (AvgIpc) is 3.05. The molecule has 0 spiro atoms. The number of fused-ring (bicyclic) bond motifs is 4. The molecule has 3 aliphatic heterocycles. The van der Waals surface area contributed by atoms with Crippen LogP contribution in [0.4, 0.5) is 0 Å². The molecule has 0 radical (unpaired) electrons. The van der Waals surface area contributed by atoms with Gasteiger partial charge in [0.2, 0.25) is 0 Å². The highest BCUT2D eigenvalue weighted by Gasteiger charge is 2.42. The van der Waals surface area contributed by atoms with E-state index >= 15 is 0 Å². The first kappa shape index (κ1) is 13.8. The van der Waals surface area contributed by atoms with E-state index < -0.39 is 0 Å². The van der Waals surface area contributed by atoms with Gasteiger partial charge in [0, 0.05) is 17.4 Å². The zero-order valence-electron chi connectivity index (χ0n) is 13.0. The Morgan fingerprint density at radius 3 is 2.87 bits per heavy atom. The largest absolute Gasteiger partial charge is 0.490 e. The van der Waals surface area contributed by atoms with Gasteiger partial charge >= 0.3 is 0 Å². The molecular formula is C18H20N2O2S. The van der Waals surface area contributed by atoms with Crippen molar-refractivity contribution >= 4 is 22.6 Å². The maximum absolute atomic E-state index is 5.86. The number of benzene rings is 1. The van der Waals surface area contributed by atoms with E-state index in [1.807, 2.05) is 6.07 Å². The van der Waals surface area contributed by atoms with E-state index in [1.165, 1.54) is 42.1 Å². The van der Waals surface area contributed by atoms with Gasteiger partial charge in [-0.1, -0.05) is 24.6 Å². The van der Waals surface area contributed by atoms with Crippen molar-refractivity contribution < 1.29 is 9.47 Å². The quantitative estimate of drug-likeness (QED) is 0.783. The molecule has 120 valence electrons. The minimum atomic E-state index is 0.496. The van der Waals surface area contributed by atoms with Crippen LogP contribution in [0.25, 0.3) is 5.70 Å². The average molecular weight is 328 g/mol. The van der Waals surface area contributed by atoms with Gasteiger partial charge in [0.15, 0.2) is 16.7 Å². The zero-order valence-corrected chi connectivity index (χ0v) is 13.8. The summed E-state index contributed by atoms with van der Waals surface area (Å²) >= 11 is 1.77. The molecular weight excluding hydrogens is 308 g/mol. The number of rotatable bonds is 1. The van der Waals surface area contributed by atoms with Gasteiger partial charge in [-0.15, -0.1) is 0 Å². The molecule has 3 heterocycles. The van der Waals surface area contributed by atoms with Gasteiger partial charge in [-0.05, 0) is 31.0 Å². The second kappa shape index (κ2) is 5.48. The first-order valence-electron chi connectivity index (χ1n) is 8.54. The van der Waals surface area contributed by atoms with E-state index in [9.17, 15) is 0 Å². The molecule has 4 nitrogen and oxygen atoms in total. The van der Waals surface area contributed by atoms with E-state index in [0.29, 0.717) is 12.1 Å². The monoisotopic (exact) mass is 328 g/mol. The molecule has 1 aliphatic carbocycles. The first-order valence-corrected chi connectivity index (χ1v) is 9.42. The van der Waals surface area contributed by atoms with Gasteiger partial charge in [-0.2, -0.15) is 0 Å². The van der Waals surface area contributed by atoms with E-state index in [1.54, 1.807) is 11.8 Å². The van der Waals surface area contributed by atoms with Crippen LogP contribution in [-0.4, -0.2) is 35.4 Å². The minimum absolute atomic E-state index is 0.496. The summed E-state index contributed by atoms with van der Waals surface area (Å²) in [6.45, 7) is 1.46. The Morgan fingerprint density at radius 1 is 1.04 bits per heavy atom. The fourth-order valence-electron chi connectivity index (χ4n) is 3.95. The molecule has 23 heavy (non-hydrogen) atoms. The van der Waals surface area contributed by atoms with Gasteiger partial charge < -0.3 is 14.4 Å². The van der Waals surface area contributed by atoms with E-state index in [0.717, 1.165) is 31.1 Å². The summed E-state index contributed by atoms with van der Waals surface area (Å²) < 4.78 is 11.6. The lowest BCUT2D eigenvalue weighted by Gasteiger charge is -2.32. The summed E-state index contributed by atoms with van der Waals surface area (Å²) in [6, 6.07) is 7.38. The third-order valence-electron chi connectivity index (χ3n) is 5.09. The van der Waals surface area contributed by atoms with E-state index in [2.05, 4.69) is 22.4 Å². The third-order valence-corrected chi connectivity index (χ3v) is 5.94. The number of aliphatic imine (C=N–C) groups is 1. The molecule has 1 saturated carbocycles. The maximum Gasteiger partial charge on any atom is 0.168 e. The predicted molar refractivity (Wildman–Crippen MR) is 92.9 cm³/mol. The Kier molecular flexibility index (Phi) is 3.28. The fraction of sp³-hybridized carbons (Fsp3) is 0.500. The molecule has 1 aromatic carbocycles. The van der Waals surface area contributed by atoms with Crippen molar-refractivity contribution in [2.75, 3.05) is 13.2 Å². The van der Waals surface area contributed by atoms with Crippen LogP contribution in [0.15, 0.2) is 28.6 Å². The van der Waals surface area contributed by atoms with Crippen molar-refractivity contribution in [1.82, 2.24) is 4.90 Å². The first-order chi connectivity index (χ1) is 11.4. The molecule has 4 aliphatic rings. The second-order valence-electron chi connectivity index (χ2n) is 6.53. The van der Waals surface area contributed by atoms with E-state index in [-0.39, 0.29) is 0 Å². The lowest BCUT2D eigenvalue weighted by molar-refractivity contribution is 0.296. The van der Waals surface area contributed by atoms with Crippen molar-refractivity contribution in [3.63, 3.8) is 0 Å². The van der Waals surface area contributed by atoms with Crippen LogP contribution < -0.4 is 9.47 Å². The van der Waals surface area contributed by atoms with Crippen LogP contribution in [0.1, 0.15) is 37.7 Å². The molecule has 0 N–H and O–H groups in total. The molecule has 1 aromatic rings. The molecule has 0 saturated heterocycles. The summed E-state index contributed by atoms with van der Waals surface area (Å²) in [5.74, 6) is 1.74. The highest BCUT2D eigenvalue weighted by molar-refractivity contribution is 8.16. The second-order valence-corrected chi connectivity index (χ2v) is 7.37. The Balaban J connectivity index is 1.48. The Labute approximate surface area is 140 Å². The van der Waals surface area contributed by atoms with Crippen LogP contribution in [-0.2, 0) is 0 Å². The molecule has 5 rings (SSSR count). The van der Waals surface area contributed by atoms with Gasteiger partial charge in [0.05, 0.1) is 31.0 Å². The molecule has 5 heteroatoms. The molecule has 0 unspecified atom stereocenters. The van der Waals surface area contributed by atoms with Crippen molar-refractivity contribution in [2.45, 2.75) is 44.2 Å². The molecule has 0 amide bonds. The van der Waals surface area contributed by atoms with Crippen LogP contribution in [0.2, 0.25) is 0 Å². The number of ether oxygens (including phenoxy) is 2. The van der Waals surface area contributed by atoms with Crippen LogP contribution in [0.3, 0.4) is 0 Å². The number of hydrogen-bond donors (Lipinski definition) is 0. The van der Waals surface area contributed by atoms with Gasteiger partial charge in [0.25, 0.3) is 0 Å². The predicted octanol–water partition coefficient (Wildman–Crippen LogP) is 3.88. The number of thioether (sulfide) groups is 1. The van der Waals surface area contributed by atoms with Gasteiger partial charge in [0.1, 0.15) is 0 Å². The normalized spacial score (nSPS) is 28.6. The summed E-state index contributed by atoms with van der Waals surface area (Å²) in [4.78, 5) is 7.41. The van der Waals surface area contributed by atoms with Crippen molar-refractivity contribution in [3.8, 4) is 11.5 Å². The Hall–Kier alpha value is -1.62. The third kappa shape index (κ3) is 2.24. The molecule has 0 aromatic heterocycles. The van der Waals surface area contributed by atoms with Gasteiger partial charge in [-0.3, -0.25) is 4.99 Å². The van der Waals surface area contributed by atoms with Crippen molar-refractivity contribution in [1.29, 1.82) is 0 Å². The maximum atomic E-state index is 5.86. The molecule has 1 fully saturated rings.